The Morgan fingerprint density at radius 1 is 1.04 bits per heavy atom. The molecule has 0 heterocycles. The number of rotatable bonds is 19. The van der Waals surface area contributed by atoms with Gasteiger partial charge in [-0.3, -0.25) is 4.79 Å². The first-order chi connectivity index (χ1) is 21.5. The van der Waals surface area contributed by atoms with Crippen LogP contribution in [-0.2, 0) is 14.3 Å². The quantitative estimate of drug-likeness (QED) is 0.0835. The molecule has 46 heavy (non-hydrogen) atoms. The first kappa shape index (κ1) is 40.3. The van der Waals surface area contributed by atoms with Gasteiger partial charge < -0.3 is 19.9 Å². The van der Waals surface area contributed by atoms with Crippen molar-refractivity contribution < 1.29 is 19.4 Å². The van der Waals surface area contributed by atoms with Gasteiger partial charge in [0, 0.05) is 12.5 Å². The number of aliphatic hydroxyl groups is 1. The number of carbonyl (C=O) groups is 1. The summed E-state index contributed by atoms with van der Waals surface area (Å²) in [6, 6.07) is -0.276. The molecule has 0 aromatic heterocycles. The van der Waals surface area contributed by atoms with Crippen LogP contribution in [-0.4, -0.2) is 41.3 Å². The zero-order valence-electron chi connectivity index (χ0n) is 31.1. The predicted octanol–water partition coefficient (Wildman–Crippen LogP) is 9.97. The number of ether oxygens (including phenoxy) is 2. The topological polar surface area (TPSA) is 67.8 Å². The molecule has 0 aromatic carbocycles. The molecule has 3 aliphatic rings. The van der Waals surface area contributed by atoms with Crippen LogP contribution in [0, 0.1) is 40.9 Å². The van der Waals surface area contributed by atoms with E-state index >= 15 is 0 Å². The van der Waals surface area contributed by atoms with E-state index in [9.17, 15) is 9.90 Å². The van der Waals surface area contributed by atoms with Crippen molar-refractivity contribution in [2.24, 2.45) is 40.9 Å². The minimum Gasteiger partial charge on any atom is -0.474 e. The van der Waals surface area contributed by atoms with Crippen molar-refractivity contribution in [3.05, 3.63) is 49.9 Å². The number of hydrogen-bond acceptors (Lipinski definition) is 5. The van der Waals surface area contributed by atoms with Crippen molar-refractivity contribution in [3.8, 4) is 0 Å². The second kappa shape index (κ2) is 18.1. The standard InChI is InChI=1S/C37H63NO4.C4H8/c1-11-12-13-14-18-21-41-24-37(10,40)26(3)22-25(2)31-29(23-30-32(31)36(30,8)9)34(39)33(28-19-16-15-17-20-28)38-27(4)42-35(5,6)7;1-3-4-2/h11,26,28-33,38,40H,1-2,4,12-24H2,3,5-10H3;3H,1,4H2,2H3/t26?,29?,30?,31-,32?,33?,37?;/m0./s1. The molecule has 5 heteroatoms. The molecule has 264 valence electrons. The summed E-state index contributed by atoms with van der Waals surface area (Å²) in [5.74, 6) is 2.22. The number of carbonyl (C=O) groups excluding carboxylic acids is 1. The fourth-order valence-electron chi connectivity index (χ4n) is 7.98. The Morgan fingerprint density at radius 2 is 1.67 bits per heavy atom. The molecule has 0 aliphatic heterocycles. The van der Waals surface area contributed by atoms with Gasteiger partial charge in [-0.1, -0.05) is 77.7 Å². The molecule has 3 aliphatic carbocycles. The monoisotopic (exact) mass is 642 g/mol. The first-order valence-electron chi connectivity index (χ1n) is 18.4. The van der Waals surface area contributed by atoms with Gasteiger partial charge in [-0.2, -0.15) is 0 Å². The summed E-state index contributed by atoms with van der Waals surface area (Å²) in [5.41, 5.74) is 0.0326. The van der Waals surface area contributed by atoms with Gasteiger partial charge >= 0.3 is 0 Å². The van der Waals surface area contributed by atoms with E-state index in [0.29, 0.717) is 49.1 Å². The van der Waals surface area contributed by atoms with Crippen molar-refractivity contribution in [2.75, 3.05) is 13.2 Å². The summed E-state index contributed by atoms with van der Waals surface area (Å²) in [5, 5.41) is 14.8. The summed E-state index contributed by atoms with van der Waals surface area (Å²) in [6.07, 6.45) is 16.5. The lowest BCUT2D eigenvalue weighted by atomic mass is 9.71. The fourth-order valence-corrected chi connectivity index (χ4v) is 7.98. The molecule has 2 N–H and O–H groups in total. The molecule has 7 atom stereocenters. The minimum absolute atomic E-state index is 0.0188. The van der Waals surface area contributed by atoms with Crippen molar-refractivity contribution in [1.29, 1.82) is 0 Å². The second-order valence-corrected chi connectivity index (χ2v) is 16.4. The van der Waals surface area contributed by atoms with E-state index < -0.39 is 5.60 Å². The summed E-state index contributed by atoms with van der Waals surface area (Å²) >= 11 is 0. The third-order valence-electron chi connectivity index (χ3n) is 11.0. The van der Waals surface area contributed by atoms with Crippen LogP contribution in [0.15, 0.2) is 49.9 Å². The number of allylic oxidation sites excluding steroid dienone is 3. The normalized spacial score (nSPS) is 26.3. The molecule has 0 radical (unpaired) electrons. The van der Waals surface area contributed by atoms with Gasteiger partial charge in [0.1, 0.15) is 5.60 Å². The van der Waals surface area contributed by atoms with Crippen molar-refractivity contribution in [3.63, 3.8) is 0 Å². The van der Waals surface area contributed by atoms with Crippen LogP contribution in [0.2, 0.25) is 0 Å². The van der Waals surface area contributed by atoms with E-state index in [-0.39, 0.29) is 34.8 Å². The molecule has 6 unspecified atom stereocenters. The predicted molar refractivity (Wildman–Crippen MR) is 194 cm³/mol. The highest BCUT2D eigenvalue weighted by atomic mass is 16.5. The minimum atomic E-state index is -0.950. The van der Waals surface area contributed by atoms with Crippen molar-refractivity contribution in [2.45, 2.75) is 150 Å². The average Bonchev–Trinajstić information content (AvgIpc) is 3.29. The second-order valence-electron chi connectivity index (χ2n) is 16.4. The Kier molecular flexibility index (Phi) is 15.8. The van der Waals surface area contributed by atoms with Crippen LogP contribution in [0.4, 0.5) is 0 Å². The number of ketones is 1. The van der Waals surface area contributed by atoms with E-state index in [1.165, 1.54) is 19.3 Å². The first-order valence-corrected chi connectivity index (χ1v) is 18.4. The van der Waals surface area contributed by atoms with E-state index in [1.54, 1.807) is 0 Å². The van der Waals surface area contributed by atoms with Crippen LogP contribution >= 0.6 is 0 Å². The highest BCUT2D eigenvalue weighted by molar-refractivity contribution is 5.88. The molecule has 3 fully saturated rings. The van der Waals surface area contributed by atoms with Gasteiger partial charge in [0.05, 0.1) is 18.2 Å². The highest BCUT2D eigenvalue weighted by Crippen LogP contribution is 2.72. The average molecular weight is 642 g/mol. The summed E-state index contributed by atoms with van der Waals surface area (Å²) < 4.78 is 12.0. The van der Waals surface area contributed by atoms with Gasteiger partial charge in [0.15, 0.2) is 11.7 Å². The number of nitrogens with one attached hydrogen (secondary N) is 1. The Morgan fingerprint density at radius 3 is 2.24 bits per heavy atom. The molecule has 0 aromatic rings. The van der Waals surface area contributed by atoms with Crippen molar-refractivity contribution >= 4 is 5.78 Å². The van der Waals surface area contributed by atoms with Gasteiger partial charge in [-0.15, -0.1) is 13.2 Å². The smallest absolute Gasteiger partial charge is 0.180 e. The molecular formula is C41H71NO4. The Labute approximate surface area is 283 Å². The van der Waals surface area contributed by atoms with Gasteiger partial charge in [-0.25, -0.2) is 0 Å². The van der Waals surface area contributed by atoms with E-state index in [4.69, 9.17) is 9.47 Å². The number of hydrogen-bond donors (Lipinski definition) is 2. The van der Waals surface area contributed by atoms with E-state index in [1.807, 2.05) is 39.8 Å². The Balaban J connectivity index is 0.00000173. The van der Waals surface area contributed by atoms with Crippen LogP contribution in [0.1, 0.15) is 132 Å². The summed E-state index contributed by atoms with van der Waals surface area (Å²) in [7, 11) is 0. The van der Waals surface area contributed by atoms with Gasteiger partial charge in [-0.05, 0) is 121 Å². The molecule has 0 bridgehead atoms. The molecule has 0 spiro atoms. The zero-order valence-corrected chi connectivity index (χ0v) is 31.1. The SMILES string of the molecule is C=CCC.C=CCCCCCOCC(C)(O)C(C)CC(=C)[C@H]1C(C(=O)C(NC(=C)OC(C)(C)C)C2CCCCC2)CC2C1C2(C)C. The lowest BCUT2D eigenvalue weighted by Gasteiger charge is -2.37. The summed E-state index contributed by atoms with van der Waals surface area (Å²) in [6.45, 7) is 33.8. The maximum Gasteiger partial charge on any atom is 0.180 e. The Hall–Kier alpha value is -1.85. The lowest BCUT2D eigenvalue weighted by molar-refractivity contribution is -0.128. The number of Topliss-reactive ketones (excluding diaryl/α,β-unsaturated/α-hetero) is 1. The maximum absolute atomic E-state index is 14.5. The number of unbranched alkanes of at least 4 members (excludes halogenated alkanes) is 3. The van der Waals surface area contributed by atoms with Crippen LogP contribution in [0.5, 0.6) is 0 Å². The molecule has 0 saturated heterocycles. The Bertz CT molecular complexity index is 998. The van der Waals surface area contributed by atoms with E-state index in [0.717, 1.165) is 56.9 Å². The zero-order chi connectivity index (χ0) is 34.7. The van der Waals surface area contributed by atoms with Gasteiger partial charge in [0.2, 0.25) is 0 Å². The third-order valence-corrected chi connectivity index (χ3v) is 11.0. The molecule has 0 amide bonds. The molecule has 3 rings (SSSR count). The van der Waals surface area contributed by atoms with Crippen LogP contribution < -0.4 is 5.32 Å². The molecular weight excluding hydrogens is 570 g/mol. The summed E-state index contributed by atoms with van der Waals surface area (Å²) in [4.78, 5) is 14.5. The van der Waals surface area contributed by atoms with E-state index in [2.05, 4.69) is 59.3 Å². The highest BCUT2D eigenvalue weighted by Gasteiger charge is 2.68. The van der Waals surface area contributed by atoms with Crippen LogP contribution in [0.25, 0.3) is 0 Å². The maximum atomic E-state index is 14.5. The lowest BCUT2D eigenvalue weighted by Crippen LogP contribution is -2.48. The fraction of sp³-hybridized carbons (Fsp3) is 0.780. The third kappa shape index (κ3) is 11.7. The van der Waals surface area contributed by atoms with Crippen LogP contribution in [0.3, 0.4) is 0 Å². The number of fused-ring (bicyclic) bond motifs is 1. The molecule has 3 saturated carbocycles. The molecule has 5 nitrogen and oxygen atoms in total. The van der Waals surface area contributed by atoms with Crippen molar-refractivity contribution in [1.82, 2.24) is 5.32 Å². The largest absolute Gasteiger partial charge is 0.474 e. The van der Waals surface area contributed by atoms with Gasteiger partial charge in [0.25, 0.3) is 0 Å².